The molecule has 2 amide bonds. The predicted molar refractivity (Wildman–Crippen MR) is 170 cm³/mol. The van der Waals surface area contributed by atoms with Gasteiger partial charge in [0, 0.05) is 63.1 Å². The highest BCUT2D eigenvalue weighted by Gasteiger charge is 2.35. The third-order valence-corrected chi connectivity index (χ3v) is 9.02. The molecule has 3 aromatic rings. The van der Waals surface area contributed by atoms with Crippen LogP contribution in [0, 0.1) is 0 Å². The van der Waals surface area contributed by atoms with E-state index in [9.17, 15) is 9.59 Å². The van der Waals surface area contributed by atoms with Crippen LogP contribution in [0.1, 0.15) is 54.3 Å². The zero-order valence-corrected chi connectivity index (χ0v) is 26.2. The number of carbonyl (C=O) groups is 2. The SMILES string of the molecule is CC(NC(=O)C(C)N1Cc2ccc(-c3nc(NC4CCOCC4)ncc3Cl)cc2C1=O)c1cccc(N2CCN(C)CC2)n1. The maximum atomic E-state index is 13.6. The number of fused-ring (bicyclic) bond motifs is 1. The number of amides is 2. The number of likely N-dealkylation sites (N-methyl/N-ethyl adjacent to an activating group) is 1. The second-order valence-corrected chi connectivity index (χ2v) is 12.3. The van der Waals surface area contributed by atoms with Crippen molar-refractivity contribution in [3.63, 3.8) is 0 Å². The zero-order chi connectivity index (χ0) is 30.8. The Bertz CT molecular complexity index is 1520. The summed E-state index contributed by atoms with van der Waals surface area (Å²) in [6, 6.07) is 10.8. The Balaban J connectivity index is 1.12. The first-order valence-corrected chi connectivity index (χ1v) is 15.7. The monoisotopic (exact) mass is 618 g/mol. The highest BCUT2D eigenvalue weighted by Crippen LogP contribution is 2.32. The van der Waals surface area contributed by atoms with Crippen molar-refractivity contribution in [1.29, 1.82) is 0 Å². The lowest BCUT2D eigenvalue weighted by molar-refractivity contribution is -0.125. The summed E-state index contributed by atoms with van der Waals surface area (Å²) in [7, 11) is 2.12. The number of nitrogens with one attached hydrogen (secondary N) is 2. The summed E-state index contributed by atoms with van der Waals surface area (Å²) < 4.78 is 5.44. The second-order valence-electron chi connectivity index (χ2n) is 11.8. The van der Waals surface area contributed by atoms with Gasteiger partial charge in [-0.2, -0.15) is 0 Å². The Morgan fingerprint density at radius 3 is 2.61 bits per heavy atom. The highest BCUT2D eigenvalue weighted by atomic mass is 35.5. The van der Waals surface area contributed by atoms with Crippen molar-refractivity contribution in [2.24, 2.45) is 0 Å². The lowest BCUT2D eigenvalue weighted by atomic mass is 10.0. The number of hydrogen-bond donors (Lipinski definition) is 2. The van der Waals surface area contributed by atoms with E-state index in [0.29, 0.717) is 42.0 Å². The summed E-state index contributed by atoms with van der Waals surface area (Å²) in [5, 5.41) is 6.84. The largest absolute Gasteiger partial charge is 0.381 e. The number of carbonyl (C=O) groups excluding carboxylic acids is 2. The first kappa shape index (κ1) is 30.2. The molecule has 2 unspecified atom stereocenters. The second kappa shape index (κ2) is 13.1. The lowest BCUT2D eigenvalue weighted by Gasteiger charge is -2.33. The number of nitrogens with zero attached hydrogens (tertiary/aromatic N) is 6. The van der Waals surface area contributed by atoms with Crippen LogP contribution in [0.2, 0.25) is 5.02 Å². The van der Waals surface area contributed by atoms with Crippen molar-refractivity contribution in [2.75, 3.05) is 56.7 Å². The molecule has 0 spiro atoms. The van der Waals surface area contributed by atoms with E-state index in [4.69, 9.17) is 21.3 Å². The molecule has 2 atom stereocenters. The van der Waals surface area contributed by atoms with E-state index in [1.807, 2.05) is 43.3 Å². The van der Waals surface area contributed by atoms with Crippen molar-refractivity contribution >= 4 is 35.2 Å². The van der Waals surface area contributed by atoms with Crippen LogP contribution in [0.4, 0.5) is 11.8 Å². The maximum Gasteiger partial charge on any atom is 0.255 e. The van der Waals surface area contributed by atoms with Crippen LogP contribution in [0.5, 0.6) is 0 Å². The van der Waals surface area contributed by atoms with Crippen LogP contribution >= 0.6 is 11.6 Å². The van der Waals surface area contributed by atoms with Gasteiger partial charge in [0.05, 0.1) is 28.6 Å². The number of hydrogen-bond acceptors (Lipinski definition) is 9. The molecule has 5 heterocycles. The molecule has 2 aromatic heterocycles. The lowest BCUT2D eigenvalue weighted by Crippen LogP contribution is -2.46. The Hall–Kier alpha value is -3.80. The van der Waals surface area contributed by atoms with Gasteiger partial charge in [0.1, 0.15) is 11.9 Å². The van der Waals surface area contributed by atoms with E-state index in [1.54, 1.807) is 18.0 Å². The van der Waals surface area contributed by atoms with Gasteiger partial charge in [-0.1, -0.05) is 29.8 Å². The molecule has 3 aliphatic rings. The first-order chi connectivity index (χ1) is 21.3. The molecule has 2 N–H and O–H groups in total. The molecular weight excluding hydrogens is 580 g/mol. The average molecular weight is 619 g/mol. The smallest absolute Gasteiger partial charge is 0.255 e. The molecule has 0 saturated carbocycles. The minimum Gasteiger partial charge on any atom is -0.381 e. The van der Waals surface area contributed by atoms with Crippen molar-refractivity contribution in [3.8, 4) is 11.3 Å². The Morgan fingerprint density at radius 2 is 1.84 bits per heavy atom. The van der Waals surface area contributed by atoms with Crippen molar-refractivity contribution in [1.82, 2.24) is 30.1 Å². The van der Waals surface area contributed by atoms with Crippen LogP contribution in [-0.2, 0) is 16.1 Å². The van der Waals surface area contributed by atoms with Gasteiger partial charge in [-0.15, -0.1) is 0 Å². The Morgan fingerprint density at radius 1 is 1.07 bits per heavy atom. The standard InChI is InChI=1S/C32H39ClN8O3/c1-20(27-5-4-6-28(37-27)40-13-11-39(3)12-14-40)35-30(42)21(2)41-19-23-8-7-22(17-25(23)31(41)43)29-26(33)18-34-32(38-29)36-24-9-15-44-16-10-24/h4-8,17-18,20-21,24H,9-16,19H2,1-3H3,(H,35,42)(H,34,36,38). The fraction of sp³-hybridized carbons (Fsp3) is 0.469. The number of halogens is 1. The average Bonchev–Trinajstić information content (AvgIpc) is 3.37. The summed E-state index contributed by atoms with van der Waals surface area (Å²) in [5.74, 6) is 0.986. The molecule has 232 valence electrons. The summed E-state index contributed by atoms with van der Waals surface area (Å²) >= 11 is 6.51. The first-order valence-electron chi connectivity index (χ1n) is 15.3. The number of ether oxygens (including phenoxy) is 1. The van der Waals surface area contributed by atoms with Gasteiger partial charge in [0.25, 0.3) is 5.91 Å². The van der Waals surface area contributed by atoms with Gasteiger partial charge in [0.15, 0.2) is 0 Å². The fourth-order valence-corrected chi connectivity index (χ4v) is 6.09. The van der Waals surface area contributed by atoms with Crippen molar-refractivity contribution < 1.29 is 14.3 Å². The number of rotatable bonds is 8. The molecular formula is C32H39ClN8O3. The van der Waals surface area contributed by atoms with E-state index in [2.05, 4.69) is 37.4 Å². The topological polar surface area (TPSA) is 116 Å². The third kappa shape index (κ3) is 6.50. The van der Waals surface area contributed by atoms with Crippen LogP contribution in [0.25, 0.3) is 11.3 Å². The number of benzene rings is 1. The van der Waals surface area contributed by atoms with Gasteiger partial charge < -0.3 is 30.1 Å². The molecule has 0 aliphatic carbocycles. The van der Waals surface area contributed by atoms with E-state index in [0.717, 1.165) is 61.7 Å². The highest BCUT2D eigenvalue weighted by molar-refractivity contribution is 6.33. The predicted octanol–water partition coefficient (Wildman–Crippen LogP) is 3.76. The normalized spacial score (nSPS) is 19.0. The molecule has 1 aromatic carbocycles. The maximum absolute atomic E-state index is 13.6. The van der Waals surface area contributed by atoms with E-state index in [1.165, 1.54) is 0 Å². The summed E-state index contributed by atoms with van der Waals surface area (Å²) in [5.41, 5.74) is 3.47. The summed E-state index contributed by atoms with van der Waals surface area (Å²) in [4.78, 5) is 47.0. The summed E-state index contributed by atoms with van der Waals surface area (Å²) in [6.45, 7) is 9.26. The molecule has 2 fully saturated rings. The Labute approximate surface area is 263 Å². The molecule has 3 aliphatic heterocycles. The third-order valence-electron chi connectivity index (χ3n) is 8.75. The molecule has 44 heavy (non-hydrogen) atoms. The quantitative estimate of drug-likeness (QED) is 0.389. The van der Waals surface area contributed by atoms with Crippen LogP contribution in [0.3, 0.4) is 0 Å². The van der Waals surface area contributed by atoms with Crippen LogP contribution in [0.15, 0.2) is 42.6 Å². The molecule has 2 saturated heterocycles. The van der Waals surface area contributed by atoms with Gasteiger partial charge in [-0.3, -0.25) is 9.59 Å². The molecule has 12 heteroatoms. The molecule has 0 bridgehead atoms. The number of piperazine rings is 1. The van der Waals surface area contributed by atoms with Gasteiger partial charge in [0.2, 0.25) is 11.9 Å². The van der Waals surface area contributed by atoms with Gasteiger partial charge in [-0.05, 0) is 57.5 Å². The Kier molecular flexibility index (Phi) is 8.97. The van der Waals surface area contributed by atoms with E-state index < -0.39 is 6.04 Å². The summed E-state index contributed by atoms with van der Waals surface area (Å²) in [6.07, 6.45) is 3.35. The molecule has 0 radical (unpaired) electrons. The molecule has 6 rings (SSSR count). The fourth-order valence-electron chi connectivity index (χ4n) is 5.89. The van der Waals surface area contributed by atoms with Crippen molar-refractivity contribution in [3.05, 3.63) is 64.4 Å². The molecule has 11 nitrogen and oxygen atoms in total. The van der Waals surface area contributed by atoms with Gasteiger partial charge in [-0.25, -0.2) is 15.0 Å². The minimum atomic E-state index is -0.667. The zero-order valence-electron chi connectivity index (χ0n) is 25.4. The minimum absolute atomic E-state index is 0.196. The van der Waals surface area contributed by atoms with Crippen LogP contribution in [-0.4, -0.2) is 95.1 Å². The van der Waals surface area contributed by atoms with Gasteiger partial charge >= 0.3 is 0 Å². The van der Waals surface area contributed by atoms with Crippen LogP contribution < -0.4 is 15.5 Å². The van der Waals surface area contributed by atoms with Crippen molar-refractivity contribution in [2.45, 2.75) is 51.4 Å². The van der Waals surface area contributed by atoms with E-state index >= 15 is 0 Å². The number of anilines is 2. The number of pyridine rings is 1. The van der Waals surface area contributed by atoms with E-state index in [-0.39, 0.29) is 23.9 Å². The number of aromatic nitrogens is 3.